The molecule has 2 aromatic carbocycles. The Hall–Kier alpha value is -2.69. The molecule has 0 bridgehead atoms. The van der Waals surface area contributed by atoms with Crippen molar-refractivity contribution in [1.29, 1.82) is 0 Å². The Morgan fingerprint density at radius 3 is 2.68 bits per heavy atom. The third-order valence-electron chi connectivity index (χ3n) is 5.13. The molecule has 31 heavy (non-hydrogen) atoms. The standard InChI is InChI=1S/C21H23N3O5S2/c1-15-3-2-4-16(13-15)22-31(27,28)17-5-6-18-19(14-17)30-21(26)24(18)8-7-20(25)23-9-11-29-12-10-23/h2-6,13-14,22H,7-12H2,1H3. The first-order valence-electron chi connectivity index (χ1n) is 9.92. The summed E-state index contributed by atoms with van der Waals surface area (Å²) in [6.45, 7) is 4.32. The van der Waals surface area contributed by atoms with E-state index in [1.54, 1.807) is 29.2 Å². The minimum Gasteiger partial charge on any atom is -0.378 e. The number of benzene rings is 2. The van der Waals surface area contributed by atoms with Crippen molar-refractivity contribution in [2.24, 2.45) is 0 Å². The molecule has 2 heterocycles. The molecular formula is C21H23N3O5S2. The molecule has 8 nitrogen and oxygen atoms in total. The summed E-state index contributed by atoms with van der Waals surface area (Å²) in [7, 11) is -3.79. The van der Waals surface area contributed by atoms with E-state index in [1.807, 2.05) is 13.0 Å². The zero-order chi connectivity index (χ0) is 22.0. The number of amides is 1. The summed E-state index contributed by atoms with van der Waals surface area (Å²) < 4.78 is 35.5. The highest BCUT2D eigenvalue weighted by molar-refractivity contribution is 7.92. The fourth-order valence-electron chi connectivity index (χ4n) is 3.53. The Balaban J connectivity index is 1.54. The van der Waals surface area contributed by atoms with Crippen molar-refractivity contribution in [2.45, 2.75) is 24.8 Å². The van der Waals surface area contributed by atoms with Gasteiger partial charge >= 0.3 is 4.87 Å². The second-order valence-corrected chi connectivity index (χ2v) is 10.0. The van der Waals surface area contributed by atoms with Gasteiger partial charge in [-0.3, -0.25) is 18.9 Å². The molecule has 1 N–H and O–H groups in total. The van der Waals surface area contributed by atoms with Gasteiger partial charge in [0, 0.05) is 31.7 Å². The maximum absolute atomic E-state index is 12.8. The van der Waals surface area contributed by atoms with Crippen LogP contribution in [0.1, 0.15) is 12.0 Å². The van der Waals surface area contributed by atoms with Crippen LogP contribution < -0.4 is 9.60 Å². The number of carbonyl (C=O) groups excluding carboxylic acids is 1. The summed E-state index contributed by atoms with van der Waals surface area (Å²) >= 11 is 0.975. The average molecular weight is 462 g/mol. The normalized spacial score (nSPS) is 14.7. The van der Waals surface area contributed by atoms with E-state index in [0.717, 1.165) is 16.9 Å². The number of hydrogen-bond acceptors (Lipinski definition) is 6. The lowest BCUT2D eigenvalue weighted by Crippen LogP contribution is -2.41. The zero-order valence-corrected chi connectivity index (χ0v) is 18.7. The highest BCUT2D eigenvalue weighted by Gasteiger charge is 2.19. The van der Waals surface area contributed by atoms with Gasteiger partial charge in [0.25, 0.3) is 10.0 Å². The van der Waals surface area contributed by atoms with Gasteiger partial charge in [-0.1, -0.05) is 23.5 Å². The molecule has 164 valence electrons. The molecule has 1 aromatic heterocycles. The lowest BCUT2D eigenvalue weighted by atomic mass is 10.2. The first-order valence-corrected chi connectivity index (χ1v) is 12.2. The number of hydrogen-bond donors (Lipinski definition) is 1. The third-order valence-corrected chi connectivity index (χ3v) is 7.45. The quantitative estimate of drug-likeness (QED) is 0.608. The van der Waals surface area contributed by atoms with Gasteiger partial charge in [-0.05, 0) is 42.8 Å². The van der Waals surface area contributed by atoms with E-state index in [4.69, 9.17) is 4.74 Å². The van der Waals surface area contributed by atoms with Crippen molar-refractivity contribution >= 4 is 43.2 Å². The molecular weight excluding hydrogens is 438 g/mol. The first-order chi connectivity index (χ1) is 14.8. The summed E-state index contributed by atoms with van der Waals surface area (Å²) in [5.41, 5.74) is 2.05. The number of anilines is 1. The van der Waals surface area contributed by atoms with Crippen LogP contribution in [0.15, 0.2) is 52.2 Å². The molecule has 4 rings (SSSR count). The molecule has 1 fully saturated rings. The molecule has 1 amide bonds. The second-order valence-electron chi connectivity index (χ2n) is 7.37. The number of fused-ring (bicyclic) bond motifs is 1. The molecule has 1 saturated heterocycles. The van der Waals surface area contributed by atoms with Crippen molar-refractivity contribution in [3.63, 3.8) is 0 Å². The van der Waals surface area contributed by atoms with Crippen molar-refractivity contribution in [2.75, 3.05) is 31.0 Å². The van der Waals surface area contributed by atoms with Crippen LogP contribution in [0, 0.1) is 6.92 Å². The van der Waals surface area contributed by atoms with E-state index in [0.29, 0.717) is 42.2 Å². The number of nitrogens with zero attached hydrogens (tertiary/aromatic N) is 2. The number of aromatic nitrogens is 1. The molecule has 0 unspecified atom stereocenters. The highest BCUT2D eigenvalue weighted by atomic mass is 32.2. The maximum atomic E-state index is 12.8. The summed E-state index contributed by atoms with van der Waals surface area (Å²) in [5, 5.41) is 0. The van der Waals surface area contributed by atoms with Gasteiger partial charge in [0.05, 0.1) is 28.3 Å². The van der Waals surface area contributed by atoms with E-state index in [-0.39, 0.29) is 28.6 Å². The van der Waals surface area contributed by atoms with E-state index < -0.39 is 10.0 Å². The highest BCUT2D eigenvalue weighted by Crippen LogP contribution is 2.24. The summed E-state index contributed by atoms with van der Waals surface area (Å²) in [4.78, 5) is 26.5. The predicted molar refractivity (Wildman–Crippen MR) is 120 cm³/mol. The molecule has 0 radical (unpaired) electrons. The van der Waals surface area contributed by atoms with E-state index >= 15 is 0 Å². The Morgan fingerprint density at radius 2 is 1.94 bits per heavy atom. The topological polar surface area (TPSA) is 97.7 Å². The number of thiazole rings is 1. The fourth-order valence-corrected chi connectivity index (χ4v) is 5.63. The molecule has 0 spiro atoms. The Kier molecular flexibility index (Phi) is 6.12. The number of sulfonamides is 1. The fraction of sp³-hybridized carbons (Fsp3) is 0.333. The molecule has 0 atom stereocenters. The van der Waals surface area contributed by atoms with Gasteiger partial charge < -0.3 is 9.64 Å². The van der Waals surface area contributed by atoms with E-state index in [9.17, 15) is 18.0 Å². The van der Waals surface area contributed by atoms with Crippen molar-refractivity contribution < 1.29 is 17.9 Å². The summed E-state index contributed by atoms with van der Waals surface area (Å²) in [6, 6.07) is 11.7. The van der Waals surface area contributed by atoms with E-state index in [1.165, 1.54) is 16.7 Å². The van der Waals surface area contributed by atoms with Crippen LogP contribution >= 0.6 is 11.3 Å². The molecule has 0 saturated carbocycles. The van der Waals surface area contributed by atoms with Gasteiger partial charge in [0.1, 0.15) is 0 Å². The maximum Gasteiger partial charge on any atom is 0.308 e. The minimum absolute atomic E-state index is 0.0175. The summed E-state index contributed by atoms with van der Waals surface area (Å²) in [6.07, 6.45) is 0.209. The number of rotatable bonds is 6. The lowest BCUT2D eigenvalue weighted by Gasteiger charge is -2.26. The average Bonchev–Trinajstić information content (AvgIpc) is 3.06. The Bertz CT molecular complexity index is 1270. The van der Waals surface area contributed by atoms with Crippen LogP contribution in [-0.2, 0) is 26.1 Å². The lowest BCUT2D eigenvalue weighted by molar-refractivity contribution is -0.135. The van der Waals surface area contributed by atoms with E-state index in [2.05, 4.69) is 4.72 Å². The smallest absolute Gasteiger partial charge is 0.308 e. The molecule has 0 aliphatic carbocycles. The Morgan fingerprint density at radius 1 is 1.16 bits per heavy atom. The van der Waals surface area contributed by atoms with Gasteiger partial charge in [-0.15, -0.1) is 0 Å². The number of carbonyl (C=O) groups is 1. The monoisotopic (exact) mass is 461 g/mol. The van der Waals surface area contributed by atoms with Crippen molar-refractivity contribution in [3.05, 3.63) is 57.7 Å². The van der Waals surface area contributed by atoms with Gasteiger partial charge in [0.2, 0.25) is 5.91 Å². The molecule has 1 aliphatic heterocycles. The molecule has 1 aliphatic rings. The Labute approximate surface area is 184 Å². The molecule has 10 heteroatoms. The number of aryl methyl sites for hydroxylation is 2. The third kappa shape index (κ3) is 4.81. The van der Waals surface area contributed by atoms with Crippen LogP contribution in [0.25, 0.3) is 10.2 Å². The number of morpholine rings is 1. The van der Waals surface area contributed by atoms with Gasteiger partial charge in [0.15, 0.2) is 0 Å². The van der Waals surface area contributed by atoms with Crippen LogP contribution in [0.2, 0.25) is 0 Å². The first kappa shape index (κ1) is 21.5. The van der Waals surface area contributed by atoms with Crippen LogP contribution in [0.3, 0.4) is 0 Å². The molecule has 3 aromatic rings. The minimum atomic E-state index is -3.79. The van der Waals surface area contributed by atoms with Crippen LogP contribution in [0.5, 0.6) is 0 Å². The number of nitrogens with one attached hydrogen (secondary N) is 1. The SMILES string of the molecule is Cc1cccc(NS(=O)(=O)c2ccc3c(c2)sc(=O)n3CCC(=O)N2CCOCC2)c1. The second kappa shape index (κ2) is 8.81. The zero-order valence-electron chi connectivity index (χ0n) is 17.0. The summed E-state index contributed by atoms with van der Waals surface area (Å²) in [5.74, 6) is -0.0175. The number of ether oxygens (including phenoxy) is 1. The predicted octanol–water partition coefficient (Wildman–Crippen LogP) is 2.42. The van der Waals surface area contributed by atoms with Crippen molar-refractivity contribution in [1.82, 2.24) is 9.47 Å². The van der Waals surface area contributed by atoms with Gasteiger partial charge in [-0.25, -0.2) is 8.42 Å². The van der Waals surface area contributed by atoms with Crippen LogP contribution in [-0.4, -0.2) is 50.1 Å². The van der Waals surface area contributed by atoms with Gasteiger partial charge in [-0.2, -0.15) is 0 Å². The van der Waals surface area contributed by atoms with Crippen LogP contribution in [0.4, 0.5) is 5.69 Å². The largest absolute Gasteiger partial charge is 0.378 e. The van der Waals surface area contributed by atoms with Crippen molar-refractivity contribution in [3.8, 4) is 0 Å².